The highest BCUT2D eigenvalue weighted by atomic mass is 79.9. The maximum atomic E-state index is 11.2. The number of hydrogen-bond acceptors (Lipinski definition) is 3. The van der Waals surface area contributed by atoms with Gasteiger partial charge in [-0.1, -0.05) is 13.0 Å². The molecule has 0 saturated carbocycles. The third-order valence-corrected chi connectivity index (χ3v) is 3.35. The lowest BCUT2D eigenvalue weighted by Crippen LogP contribution is -2.12. The zero-order valence-electron chi connectivity index (χ0n) is 9.99. The van der Waals surface area contributed by atoms with E-state index in [1.54, 1.807) is 19.2 Å². The van der Waals surface area contributed by atoms with E-state index < -0.39 is 11.9 Å². The summed E-state index contributed by atoms with van der Waals surface area (Å²) in [5.74, 6) is -0.306. The first-order chi connectivity index (χ1) is 8.06. The Balaban J connectivity index is 3.33. The third-order valence-electron chi connectivity index (χ3n) is 2.60. The second-order valence-electron chi connectivity index (χ2n) is 3.50. The average molecular weight is 303 g/mol. The summed E-state index contributed by atoms with van der Waals surface area (Å²) in [6.07, 6.45) is 0.504. The Labute approximate surface area is 109 Å². The fourth-order valence-corrected chi connectivity index (χ4v) is 2.40. The molecule has 0 spiro atoms. The maximum absolute atomic E-state index is 11.2. The summed E-state index contributed by atoms with van der Waals surface area (Å²) in [7, 11) is 3.06. The Morgan fingerprint density at radius 3 is 2.47 bits per heavy atom. The molecule has 1 aromatic carbocycles. The molecule has 0 saturated heterocycles. The van der Waals surface area contributed by atoms with E-state index in [4.69, 9.17) is 14.6 Å². The van der Waals surface area contributed by atoms with Crippen LogP contribution in [0.25, 0.3) is 0 Å². The number of halogens is 1. The summed E-state index contributed by atoms with van der Waals surface area (Å²) >= 11 is 3.36. The van der Waals surface area contributed by atoms with Gasteiger partial charge in [-0.2, -0.15) is 0 Å². The topological polar surface area (TPSA) is 55.8 Å². The van der Waals surface area contributed by atoms with Gasteiger partial charge in [0.2, 0.25) is 0 Å². The molecule has 1 unspecified atom stereocenters. The second kappa shape index (κ2) is 5.91. The molecule has 0 aliphatic heterocycles. The number of carboxylic acids is 1. The Hall–Kier alpha value is -1.23. The molecular weight excluding hydrogens is 288 g/mol. The lowest BCUT2D eigenvalue weighted by Gasteiger charge is -2.17. The van der Waals surface area contributed by atoms with Crippen molar-refractivity contribution in [3.8, 4) is 11.5 Å². The maximum Gasteiger partial charge on any atom is 0.311 e. The predicted molar refractivity (Wildman–Crippen MR) is 67.9 cm³/mol. The van der Waals surface area contributed by atoms with Crippen LogP contribution in [0.1, 0.15) is 24.8 Å². The summed E-state index contributed by atoms with van der Waals surface area (Å²) in [4.78, 5) is 11.2. The number of rotatable bonds is 5. The summed E-state index contributed by atoms with van der Waals surface area (Å²) in [6, 6.07) is 3.46. The molecule has 17 heavy (non-hydrogen) atoms. The zero-order chi connectivity index (χ0) is 13.0. The highest BCUT2D eigenvalue weighted by Gasteiger charge is 2.24. The van der Waals surface area contributed by atoms with E-state index in [0.717, 1.165) is 0 Å². The highest BCUT2D eigenvalue weighted by molar-refractivity contribution is 9.10. The van der Waals surface area contributed by atoms with Crippen molar-refractivity contribution in [3.63, 3.8) is 0 Å². The van der Waals surface area contributed by atoms with Gasteiger partial charge >= 0.3 is 5.97 Å². The molecule has 94 valence electrons. The first kappa shape index (κ1) is 13.8. The van der Waals surface area contributed by atoms with Crippen molar-refractivity contribution in [1.82, 2.24) is 0 Å². The monoisotopic (exact) mass is 302 g/mol. The van der Waals surface area contributed by atoms with Gasteiger partial charge < -0.3 is 14.6 Å². The zero-order valence-corrected chi connectivity index (χ0v) is 11.6. The van der Waals surface area contributed by atoms with Gasteiger partial charge in [0.25, 0.3) is 0 Å². The lowest BCUT2D eigenvalue weighted by atomic mass is 9.95. The van der Waals surface area contributed by atoms with Crippen molar-refractivity contribution in [2.24, 2.45) is 0 Å². The van der Waals surface area contributed by atoms with Gasteiger partial charge in [0.05, 0.1) is 20.1 Å². The average Bonchev–Trinajstić information content (AvgIpc) is 2.30. The van der Waals surface area contributed by atoms with Crippen LogP contribution in [0.2, 0.25) is 0 Å². The number of benzene rings is 1. The minimum absolute atomic E-state index is 0.504. The lowest BCUT2D eigenvalue weighted by molar-refractivity contribution is -0.138. The molecule has 0 aliphatic rings. The summed E-state index contributed by atoms with van der Waals surface area (Å²) in [5, 5.41) is 9.16. The molecule has 1 N–H and O–H groups in total. The van der Waals surface area contributed by atoms with Crippen LogP contribution in [-0.4, -0.2) is 25.3 Å². The number of carboxylic acid groups (broad SMARTS) is 1. The van der Waals surface area contributed by atoms with Crippen molar-refractivity contribution >= 4 is 21.9 Å². The molecule has 0 aliphatic carbocycles. The minimum Gasteiger partial charge on any atom is -0.495 e. The molecule has 0 radical (unpaired) electrons. The molecule has 1 atom stereocenters. The van der Waals surface area contributed by atoms with E-state index in [1.165, 1.54) is 7.11 Å². The van der Waals surface area contributed by atoms with Crippen LogP contribution in [0.5, 0.6) is 11.5 Å². The van der Waals surface area contributed by atoms with Gasteiger partial charge in [0, 0.05) is 5.56 Å². The summed E-state index contributed by atoms with van der Waals surface area (Å²) in [6.45, 7) is 1.83. The number of ether oxygens (including phenoxy) is 2. The Morgan fingerprint density at radius 2 is 2.06 bits per heavy atom. The molecule has 0 amide bonds. The van der Waals surface area contributed by atoms with Crippen molar-refractivity contribution in [1.29, 1.82) is 0 Å². The van der Waals surface area contributed by atoms with Gasteiger partial charge in [-0.05, 0) is 28.4 Å². The van der Waals surface area contributed by atoms with E-state index in [-0.39, 0.29) is 0 Å². The number of aliphatic carboxylic acids is 1. The fourth-order valence-electron chi connectivity index (χ4n) is 1.72. The first-order valence-electron chi connectivity index (χ1n) is 5.19. The van der Waals surface area contributed by atoms with Crippen LogP contribution in [0.4, 0.5) is 0 Å². The molecule has 0 aromatic heterocycles. The van der Waals surface area contributed by atoms with Crippen LogP contribution in [0.3, 0.4) is 0 Å². The number of carbonyl (C=O) groups is 1. The van der Waals surface area contributed by atoms with Gasteiger partial charge in [0.15, 0.2) is 0 Å². The highest BCUT2D eigenvalue weighted by Crippen LogP contribution is 2.41. The summed E-state index contributed by atoms with van der Waals surface area (Å²) in [5.41, 5.74) is 0.648. The van der Waals surface area contributed by atoms with Crippen LogP contribution in [0.15, 0.2) is 16.6 Å². The Morgan fingerprint density at radius 1 is 1.41 bits per heavy atom. The SMILES string of the molecule is CCC(C(=O)O)c1ccc(OC)c(Br)c1OC. The molecule has 0 fully saturated rings. The third kappa shape index (κ3) is 2.72. The molecular formula is C12H15BrO4. The minimum atomic E-state index is -0.858. The molecule has 1 aromatic rings. The van der Waals surface area contributed by atoms with E-state index in [1.807, 2.05) is 6.92 Å². The quantitative estimate of drug-likeness (QED) is 0.908. The van der Waals surface area contributed by atoms with E-state index in [0.29, 0.717) is 28.0 Å². The Bertz CT molecular complexity index is 417. The molecule has 5 heteroatoms. The smallest absolute Gasteiger partial charge is 0.311 e. The first-order valence-corrected chi connectivity index (χ1v) is 5.99. The van der Waals surface area contributed by atoms with Crippen molar-refractivity contribution in [2.45, 2.75) is 19.3 Å². The van der Waals surface area contributed by atoms with Gasteiger partial charge in [0.1, 0.15) is 16.0 Å². The molecule has 0 bridgehead atoms. The Kier molecular flexibility index (Phi) is 4.81. The van der Waals surface area contributed by atoms with Crippen LogP contribution >= 0.6 is 15.9 Å². The fraction of sp³-hybridized carbons (Fsp3) is 0.417. The van der Waals surface area contributed by atoms with Gasteiger partial charge in [-0.3, -0.25) is 4.79 Å². The standard InChI is InChI=1S/C12H15BrO4/c1-4-7(12(14)15)8-5-6-9(16-2)10(13)11(8)17-3/h5-7H,4H2,1-3H3,(H,14,15). The van der Waals surface area contributed by atoms with Gasteiger partial charge in [-0.25, -0.2) is 0 Å². The van der Waals surface area contributed by atoms with E-state index in [2.05, 4.69) is 15.9 Å². The largest absolute Gasteiger partial charge is 0.495 e. The number of methoxy groups -OCH3 is 2. The normalized spacial score (nSPS) is 12.0. The molecule has 1 rings (SSSR count). The molecule has 4 nitrogen and oxygen atoms in total. The summed E-state index contributed by atoms with van der Waals surface area (Å²) < 4.78 is 11.0. The van der Waals surface area contributed by atoms with Crippen molar-refractivity contribution in [2.75, 3.05) is 14.2 Å². The second-order valence-corrected chi connectivity index (χ2v) is 4.30. The predicted octanol–water partition coefficient (Wildman–Crippen LogP) is 3.04. The van der Waals surface area contributed by atoms with Crippen molar-refractivity contribution < 1.29 is 19.4 Å². The number of hydrogen-bond donors (Lipinski definition) is 1. The van der Waals surface area contributed by atoms with Crippen LogP contribution < -0.4 is 9.47 Å². The van der Waals surface area contributed by atoms with Crippen LogP contribution in [-0.2, 0) is 4.79 Å². The van der Waals surface area contributed by atoms with E-state index in [9.17, 15) is 4.79 Å². The molecule has 0 heterocycles. The van der Waals surface area contributed by atoms with Crippen LogP contribution in [0, 0.1) is 0 Å². The van der Waals surface area contributed by atoms with Crippen molar-refractivity contribution in [3.05, 3.63) is 22.2 Å². The van der Waals surface area contributed by atoms with Gasteiger partial charge in [-0.15, -0.1) is 0 Å². The van der Waals surface area contributed by atoms with E-state index >= 15 is 0 Å².